The Labute approximate surface area is 117 Å². The Bertz CT molecular complexity index is 530. The molecule has 0 aliphatic carbocycles. The fourth-order valence-electron chi connectivity index (χ4n) is 1.95. The molecule has 0 aliphatic heterocycles. The van der Waals surface area contributed by atoms with Gasteiger partial charge in [-0.2, -0.15) is 19.9 Å². The average molecular weight is 275 g/mol. The normalized spacial score (nSPS) is 9.55. The summed E-state index contributed by atoms with van der Waals surface area (Å²) in [5.74, 6) is 1.89. The molecule has 0 unspecified atom stereocenters. The van der Waals surface area contributed by atoms with Crippen molar-refractivity contribution in [1.82, 2.24) is 15.4 Å². The highest BCUT2D eigenvalue weighted by Gasteiger charge is 2.08. The molecule has 1 N–H and O–H groups in total. The molecule has 0 saturated heterocycles. The first-order chi connectivity index (χ1) is 9.74. The van der Waals surface area contributed by atoms with Gasteiger partial charge in [0.1, 0.15) is 11.9 Å². The molecule has 0 spiro atoms. The van der Waals surface area contributed by atoms with Crippen LogP contribution in [0.1, 0.15) is 38.2 Å². The Hall–Kier alpha value is -2.46. The molecule has 6 nitrogen and oxygen atoms in total. The van der Waals surface area contributed by atoms with Crippen LogP contribution in [0, 0.1) is 0 Å². The van der Waals surface area contributed by atoms with Gasteiger partial charge in [0.25, 0.3) is 5.88 Å². The van der Waals surface area contributed by atoms with Crippen LogP contribution in [0.5, 0.6) is 11.6 Å². The number of H-pyrrole nitrogens is 1. The second-order valence-corrected chi connectivity index (χ2v) is 4.08. The van der Waals surface area contributed by atoms with Crippen LogP contribution in [0.4, 0.5) is 0 Å². The number of carbonyl (C=O) groups excluding carboxylic acids is 2. The standard InChI is InChI=1S/C13H17N3O.CO2/c1-3-10(4-2)11-6-5-7-12(8-11)17-13-9-14-16-15-13;2-1-3/h5-10H,3-4H2,1-2H3,(H,14,15,16);. The molecule has 106 valence electrons. The molecule has 1 heterocycles. The number of hydrogen-bond donors (Lipinski definition) is 1. The summed E-state index contributed by atoms with van der Waals surface area (Å²) in [5.41, 5.74) is 1.32. The number of nitrogens with one attached hydrogen (secondary N) is 1. The van der Waals surface area contributed by atoms with Crippen LogP contribution in [0.3, 0.4) is 0 Å². The van der Waals surface area contributed by atoms with E-state index in [0.717, 1.165) is 18.6 Å². The number of ether oxygens (including phenoxy) is 1. The fourth-order valence-corrected chi connectivity index (χ4v) is 1.95. The van der Waals surface area contributed by atoms with Crippen molar-refractivity contribution >= 4 is 6.15 Å². The maximum atomic E-state index is 8.12. The van der Waals surface area contributed by atoms with E-state index in [0.29, 0.717) is 11.8 Å². The molecule has 2 aromatic rings. The zero-order chi connectivity index (χ0) is 14.8. The molecule has 0 bridgehead atoms. The van der Waals surface area contributed by atoms with Crippen LogP contribution >= 0.6 is 0 Å². The lowest BCUT2D eigenvalue weighted by atomic mass is 9.94. The predicted molar refractivity (Wildman–Crippen MR) is 71.2 cm³/mol. The minimum atomic E-state index is 0.250. The minimum absolute atomic E-state index is 0.250. The van der Waals surface area contributed by atoms with Crippen molar-refractivity contribution in [2.45, 2.75) is 32.6 Å². The molecule has 20 heavy (non-hydrogen) atoms. The first kappa shape index (κ1) is 15.6. The van der Waals surface area contributed by atoms with Gasteiger partial charge in [0, 0.05) is 0 Å². The van der Waals surface area contributed by atoms with E-state index >= 15 is 0 Å². The van der Waals surface area contributed by atoms with E-state index in [4.69, 9.17) is 14.3 Å². The first-order valence-corrected chi connectivity index (χ1v) is 6.37. The number of rotatable bonds is 5. The molecule has 2 rings (SSSR count). The van der Waals surface area contributed by atoms with Gasteiger partial charge < -0.3 is 4.74 Å². The second-order valence-electron chi connectivity index (χ2n) is 4.08. The summed E-state index contributed by atoms with van der Waals surface area (Å²) in [5, 5.41) is 10.1. The van der Waals surface area contributed by atoms with E-state index in [2.05, 4.69) is 41.4 Å². The Morgan fingerprint density at radius 2 is 2.00 bits per heavy atom. The predicted octanol–water partition coefficient (Wildman–Crippen LogP) is 2.92. The highest BCUT2D eigenvalue weighted by Crippen LogP contribution is 2.27. The minimum Gasteiger partial charge on any atom is -0.436 e. The summed E-state index contributed by atoms with van der Waals surface area (Å²) in [7, 11) is 0. The molecule has 0 fully saturated rings. The van der Waals surface area contributed by atoms with E-state index in [-0.39, 0.29) is 6.15 Å². The molecular formula is C14H17N3O3. The lowest BCUT2D eigenvalue weighted by molar-refractivity contribution is -0.191. The van der Waals surface area contributed by atoms with Crippen LogP contribution in [0.15, 0.2) is 30.5 Å². The maximum absolute atomic E-state index is 8.12. The number of nitrogens with zero attached hydrogens (tertiary/aromatic N) is 2. The van der Waals surface area contributed by atoms with Gasteiger partial charge in [-0.15, -0.1) is 5.10 Å². The van der Waals surface area contributed by atoms with Crippen LogP contribution < -0.4 is 4.74 Å². The highest BCUT2D eigenvalue weighted by molar-refractivity contribution is 5.32. The summed E-state index contributed by atoms with van der Waals surface area (Å²) in [6.45, 7) is 4.42. The van der Waals surface area contributed by atoms with E-state index in [9.17, 15) is 0 Å². The third kappa shape index (κ3) is 4.66. The number of hydrogen-bond acceptors (Lipinski definition) is 5. The molecule has 0 atom stereocenters. The maximum Gasteiger partial charge on any atom is 0.373 e. The van der Waals surface area contributed by atoms with Crippen LogP contribution in [-0.2, 0) is 9.59 Å². The zero-order valence-electron chi connectivity index (χ0n) is 11.5. The number of benzene rings is 1. The monoisotopic (exact) mass is 275 g/mol. The van der Waals surface area contributed by atoms with Gasteiger partial charge in [0.05, 0.1) is 0 Å². The van der Waals surface area contributed by atoms with Crippen molar-refractivity contribution in [2.24, 2.45) is 0 Å². The summed E-state index contributed by atoms with van der Waals surface area (Å²) >= 11 is 0. The largest absolute Gasteiger partial charge is 0.436 e. The van der Waals surface area contributed by atoms with Gasteiger partial charge in [-0.1, -0.05) is 26.0 Å². The fraction of sp³-hybridized carbons (Fsp3) is 0.357. The summed E-state index contributed by atoms with van der Waals surface area (Å²) < 4.78 is 5.59. The lowest BCUT2D eigenvalue weighted by Crippen LogP contribution is -1.95. The SMILES string of the molecule is CCC(CC)c1cccc(Oc2cn[nH]n2)c1.O=C=O. The molecule has 1 aromatic heterocycles. The van der Waals surface area contributed by atoms with E-state index in [1.807, 2.05) is 12.1 Å². The van der Waals surface area contributed by atoms with Crippen LogP contribution in [0.25, 0.3) is 0 Å². The highest BCUT2D eigenvalue weighted by atomic mass is 16.5. The topological polar surface area (TPSA) is 84.9 Å². The number of aromatic nitrogens is 3. The van der Waals surface area contributed by atoms with Gasteiger partial charge in [-0.3, -0.25) is 0 Å². The van der Waals surface area contributed by atoms with Gasteiger partial charge in [0.2, 0.25) is 0 Å². The zero-order valence-corrected chi connectivity index (χ0v) is 11.5. The smallest absolute Gasteiger partial charge is 0.373 e. The van der Waals surface area contributed by atoms with Crippen molar-refractivity contribution in [1.29, 1.82) is 0 Å². The second kappa shape index (κ2) is 8.61. The molecular weight excluding hydrogens is 258 g/mol. The van der Waals surface area contributed by atoms with Gasteiger partial charge in [0.15, 0.2) is 0 Å². The summed E-state index contributed by atoms with van der Waals surface area (Å²) in [6.07, 6.45) is 4.09. The van der Waals surface area contributed by atoms with Crippen LogP contribution in [-0.4, -0.2) is 21.6 Å². The van der Waals surface area contributed by atoms with Gasteiger partial charge in [-0.25, -0.2) is 0 Å². The number of aromatic amines is 1. The summed E-state index contributed by atoms with van der Waals surface area (Å²) in [6, 6.07) is 8.17. The Morgan fingerprint density at radius 1 is 1.30 bits per heavy atom. The first-order valence-electron chi connectivity index (χ1n) is 6.37. The molecule has 6 heteroatoms. The van der Waals surface area contributed by atoms with E-state index in [1.54, 1.807) is 6.20 Å². The molecule has 0 saturated carbocycles. The van der Waals surface area contributed by atoms with E-state index < -0.39 is 0 Å². The van der Waals surface area contributed by atoms with Gasteiger partial charge >= 0.3 is 6.15 Å². The third-order valence-electron chi connectivity index (χ3n) is 2.93. The van der Waals surface area contributed by atoms with E-state index in [1.165, 1.54) is 5.56 Å². The molecule has 0 radical (unpaired) electrons. The Morgan fingerprint density at radius 3 is 2.55 bits per heavy atom. The quantitative estimate of drug-likeness (QED) is 0.906. The average Bonchev–Trinajstić information content (AvgIpc) is 2.94. The van der Waals surface area contributed by atoms with Crippen LogP contribution in [0.2, 0.25) is 0 Å². The van der Waals surface area contributed by atoms with Gasteiger partial charge in [-0.05, 0) is 36.5 Å². The van der Waals surface area contributed by atoms with Crippen molar-refractivity contribution in [3.63, 3.8) is 0 Å². The summed E-state index contributed by atoms with van der Waals surface area (Å²) in [4.78, 5) is 16.2. The lowest BCUT2D eigenvalue weighted by Gasteiger charge is -2.13. The molecule has 0 aliphatic rings. The van der Waals surface area contributed by atoms with Crippen molar-refractivity contribution in [3.05, 3.63) is 36.0 Å². The Kier molecular flexibility index (Phi) is 6.71. The Balaban J connectivity index is 0.000000612. The molecule has 0 amide bonds. The van der Waals surface area contributed by atoms with Crippen molar-refractivity contribution in [2.75, 3.05) is 0 Å². The third-order valence-corrected chi connectivity index (χ3v) is 2.93. The van der Waals surface area contributed by atoms with Crippen molar-refractivity contribution < 1.29 is 14.3 Å². The van der Waals surface area contributed by atoms with Crippen molar-refractivity contribution in [3.8, 4) is 11.6 Å². The molecule has 1 aromatic carbocycles.